The molecule has 0 spiro atoms. The molecule has 0 fully saturated rings. The molecule has 0 atom stereocenters. The Labute approximate surface area is 155 Å². The van der Waals surface area contributed by atoms with E-state index < -0.39 is 0 Å². The Hall–Kier alpha value is -1.63. The number of nitrogen functional groups attached to an aromatic ring is 1. The van der Waals surface area contributed by atoms with Gasteiger partial charge in [-0.3, -0.25) is 0 Å². The Morgan fingerprint density at radius 1 is 1.24 bits per heavy atom. The molecule has 3 aromatic rings. The maximum Gasteiger partial charge on any atom is 0.190 e. The number of nitrogens with two attached hydrogens (primary N) is 1. The Morgan fingerprint density at radius 2 is 2.04 bits per heavy atom. The molecule has 3 heterocycles. The van der Waals surface area contributed by atoms with Crippen LogP contribution < -0.4 is 5.73 Å². The van der Waals surface area contributed by atoms with Crippen LogP contribution in [0.2, 0.25) is 0 Å². The molecule has 1 aromatic carbocycles. The summed E-state index contributed by atoms with van der Waals surface area (Å²) in [6, 6.07) is 10.5. The third-order valence-electron chi connectivity index (χ3n) is 4.40. The number of anilines is 1. The van der Waals surface area contributed by atoms with Crippen molar-refractivity contribution in [2.24, 2.45) is 0 Å². The van der Waals surface area contributed by atoms with Gasteiger partial charge in [0.1, 0.15) is 10.6 Å². The van der Waals surface area contributed by atoms with Crippen molar-refractivity contribution in [2.75, 3.05) is 11.5 Å². The summed E-state index contributed by atoms with van der Waals surface area (Å²) >= 11 is 3.35. The predicted molar refractivity (Wildman–Crippen MR) is 105 cm³/mol. The molecule has 130 valence electrons. The van der Waals surface area contributed by atoms with Crippen LogP contribution >= 0.6 is 23.1 Å². The maximum absolute atomic E-state index is 6.30. The Balaban J connectivity index is 1.56. The lowest BCUT2D eigenvalue weighted by Crippen LogP contribution is -2.31. The summed E-state index contributed by atoms with van der Waals surface area (Å²) in [7, 11) is 0. The van der Waals surface area contributed by atoms with Crippen molar-refractivity contribution < 1.29 is 4.74 Å². The van der Waals surface area contributed by atoms with Crippen LogP contribution in [0.3, 0.4) is 0 Å². The first-order chi connectivity index (χ1) is 12.0. The van der Waals surface area contributed by atoms with E-state index in [1.54, 1.807) is 23.1 Å². The fourth-order valence-corrected chi connectivity index (χ4v) is 5.13. The summed E-state index contributed by atoms with van der Waals surface area (Å²) in [6.07, 6.45) is 1.85. The number of aromatic nitrogens is 2. The number of rotatable bonds is 4. The Kier molecular flexibility index (Phi) is 4.43. The van der Waals surface area contributed by atoms with Gasteiger partial charge in [0.25, 0.3) is 0 Å². The monoisotopic (exact) mass is 371 g/mol. The molecule has 0 unspecified atom stereocenters. The molecule has 0 aliphatic carbocycles. The molecule has 0 saturated heterocycles. The zero-order chi connectivity index (χ0) is 17.4. The molecule has 0 radical (unpaired) electrons. The number of aryl methyl sites for hydroxylation is 1. The van der Waals surface area contributed by atoms with Crippen LogP contribution in [0.4, 0.5) is 5.82 Å². The van der Waals surface area contributed by atoms with Crippen LogP contribution in [0.1, 0.15) is 29.9 Å². The number of hydrogen-bond acceptors (Lipinski definition) is 6. The van der Waals surface area contributed by atoms with Gasteiger partial charge in [-0.05, 0) is 31.4 Å². The highest BCUT2D eigenvalue weighted by Crippen LogP contribution is 2.40. The summed E-state index contributed by atoms with van der Waals surface area (Å²) in [4.78, 5) is 11.5. The Bertz CT molecular complexity index is 906. The lowest BCUT2D eigenvalue weighted by atomic mass is 9.94. The van der Waals surface area contributed by atoms with E-state index in [2.05, 4.69) is 43.1 Å². The van der Waals surface area contributed by atoms with Gasteiger partial charge in [-0.15, -0.1) is 11.3 Å². The van der Waals surface area contributed by atoms with Gasteiger partial charge in [-0.1, -0.05) is 42.1 Å². The molecule has 0 saturated carbocycles. The van der Waals surface area contributed by atoms with Gasteiger partial charge in [-0.2, -0.15) is 0 Å². The molecule has 0 bridgehead atoms. The first-order valence-corrected chi connectivity index (χ1v) is 10.2. The molecule has 4 rings (SSSR count). The third kappa shape index (κ3) is 3.52. The van der Waals surface area contributed by atoms with Gasteiger partial charge in [0.05, 0.1) is 17.6 Å². The highest BCUT2D eigenvalue weighted by molar-refractivity contribution is 7.99. The zero-order valence-corrected chi connectivity index (χ0v) is 16.0. The van der Waals surface area contributed by atoms with Crippen molar-refractivity contribution >= 4 is 39.1 Å². The highest BCUT2D eigenvalue weighted by atomic mass is 32.2. The van der Waals surface area contributed by atoms with Crippen LogP contribution in [0.25, 0.3) is 10.2 Å². The molecule has 25 heavy (non-hydrogen) atoms. The Morgan fingerprint density at radius 3 is 2.84 bits per heavy atom. The fourth-order valence-electron chi connectivity index (χ4n) is 3.12. The van der Waals surface area contributed by atoms with Gasteiger partial charge < -0.3 is 10.5 Å². The SMILES string of the molecule is CC1(C)Cc2c(sc3nc(SCCc4ccccc4)nc(N)c23)CO1. The second kappa shape index (κ2) is 6.59. The van der Waals surface area contributed by atoms with E-state index in [1.165, 1.54) is 16.0 Å². The predicted octanol–water partition coefficient (Wildman–Crippen LogP) is 4.46. The highest BCUT2D eigenvalue weighted by Gasteiger charge is 2.30. The van der Waals surface area contributed by atoms with Crippen LogP contribution in [0, 0.1) is 0 Å². The van der Waals surface area contributed by atoms with Gasteiger partial charge >= 0.3 is 0 Å². The normalized spacial score (nSPS) is 16.1. The lowest BCUT2D eigenvalue weighted by molar-refractivity contribution is -0.0379. The maximum atomic E-state index is 6.30. The molecular formula is C19H21N3OS2. The minimum absolute atomic E-state index is 0.156. The van der Waals surface area contributed by atoms with E-state index in [9.17, 15) is 0 Å². The molecule has 0 amide bonds. The first kappa shape index (κ1) is 16.8. The average Bonchev–Trinajstić information content (AvgIpc) is 2.92. The van der Waals surface area contributed by atoms with E-state index in [-0.39, 0.29) is 5.60 Å². The van der Waals surface area contributed by atoms with Gasteiger partial charge in [0.15, 0.2) is 5.16 Å². The number of hydrogen-bond donors (Lipinski definition) is 1. The second-order valence-corrected chi connectivity index (χ2v) is 9.03. The summed E-state index contributed by atoms with van der Waals surface area (Å²) in [5.41, 5.74) is 8.74. The zero-order valence-electron chi connectivity index (χ0n) is 14.4. The minimum Gasteiger partial charge on any atom is -0.383 e. The van der Waals surface area contributed by atoms with E-state index in [0.717, 1.165) is 34.0 Å². The second-order valence-electron chi connectivity index (χ2n) is 6.88. The van der Waals surface area contributed by atoms with Crippen LogP contribution in [0.15, 0.2) is 35.5 Å². The van der Waals surface area contributed by atoms with Crippen LogP contribution in [-0.4, -0.2) is 21.3 Å². The van der Waals surface area contributed by atoms with Crippen molar-refractivity contribution in [3.8, 4) is 0 Å². The topological polar surface area (TPSA) is 61.0 Å². The van der Waals surface area contributed by atoms with Crippen molar-refractivity contribution in [3.63, 3.8) is 0 Å². The fraction of sp³-hybridized carbons (Fsp3) is 0.368. The van der Waals surface area contributed by atoms with Gasteiger partial charge in [-0.25, -0.2) is 9.97 Å². The van der Waals surface area contributed by atoms with Crippen LogP contribution in [-0.2, 0) is 24.2 Å². The van der Waals surface area contributed by atoms with Gasteiger partial charge in [0.2, 0.25) is 0 Å². The molecule has 1 aliphatic heterocycles. The van der Waals surface area contributed by atoms with E-state index >= 15 is 0 Å². The number of benzene rings is 1. The van der Waals surface area contributed by atoms with Crippen molar-refractivity contribution in [1.82, 2.24) is 9.97 Å². The van der Waals surface area contributed by atoms with Crippen molar-refractivity contribution in [3.05, 3.63) is 46.3 Å². The standard InChI is InChI=1S/C19H21N3OS2/c1-19(2)10-13-14(11-23-19)25-17-15(13)16(20)21-18(22-17)24-9-8-12-6-4-3-5-7-12/h3-7H,8-11H2,1-2H3,(H2,20,21,22). The van der Waals surface area contributed by atoms with E-state index in [0.29, 0.717) is 12.4 Å². The van der Waals surface area contributed by atoms with Crippen molar-refractivity contribution in [2.45, 2.75) is 44.1 Å². The number of nitrogens with zero attached hydrogens (tertiary/aromatic N) is 2. The first-order valence-electron chi connectivity index (χ1n) is 8.40. The van der Waals surface area contributed by atoms with Gasteiger partial charge in [0, 0.05) is 17.1 Å². The molecule has 6 heteroatoms. The summed E-state index contributed by atoms with van der Waals surface area (Å²) < 4.78 is 5.92. The summed E-state index contributed by atoms with van der Waals surface area (Å²) in [6.45, 7) is 4.87. The minimum atomic E-state index is -0.156. The number of ether oxygens (including phenoxy) is 1. The van der Waals surface area contributed by atoms with E-state index in [1.807, 2.05) is 6.07 Å². The molecule has 1 aliphatic rings. The molecule has 2 N–H and O–H groups in total. The molecule has 2 aromatic heterocycles. The van der Waals surface area contributed by atoms with Crippen molar-refractivity contribution in [1.29, 1.82) is 0 Å². The quantitative estimate of drug-likeness (QED) is 0.542. The average molecular weight is 372 g/mol. The van der Waals surface area contributed by atoms with Crippen LogP contribution in [0.5, 0.6) is 0 Å². The smallest absolute Gasteiger partial charge is 0.190 e. The molecule has 4 nitrogen and oxygen atoms in total. The summed E-state index contributed by atoms with van der Waals surface area (Å²) in [5.74, 6) is 1.54. The molecular weight excluding hydrogens is 350 g/mol. The summed E-state index contributed by atoms with van der Waals surface area (Å²) in [5, 5.41) is 1.79. The largest absolute Gasteiger partial charge is 0.383 e. The number of thioether (sulfide) groups is 1. The number of fused-ring (bicyclic) bond motifs is 3. The lowest BCUT2D eigenvalue weighted by Gasteiger charge is -2.30. The third-order valence-corrected chi connectivity index (χ3v) is 6.35. The number of thiophene rings is 1. The van der Waals surface area contributed by atoms with E-state index in [4.69, 9.17) is 15.5 Å².